The summed E-state index contributed by atoms with van der Waals surface area (Å²) in [4.78, 5) is 24.2. The standard InChI is InChI=1S/C13H13F3N2O2/c14-13(15,16)10-6-9(17)5-4-8(10)7-18-11(19)2-1-3-12(18)20/h4-6H,1-3,7,17H2. The van der Waals surface area contributed by atoms with Gasteiger partial charge in [0.2, 0.25) is 11.8 Å². The van der Waals surface area contributed by atoms with Gasteiger partial charge in [-0.3, -0.25) is 14.5 Å². The number of nitrogens with two attached hydrogens (primary N) is 1. The van der Waals surface area contributed by atoms with Gasteiger partial charge in [0.1, 0.15) is 0 Å². The molecule has 1 saturated heterocycles. The largest absolute Gasteiger partial charge is 0.416 e. The van der Waals surface area contributed by atoms with Gasteiger partial charge in [-0.1, -0.05) is 6.07 Å². The zero-order chi connectivity index (χ0) is 14.9. The number of amides is 2. The molecule has 2 N–H and O–H groups in total. The predicted molar refractivity (Wildman–Crippen MR) is 65.3 cm³/mol. The fourth-order valence-electron chi connectivity index (χ4n) is 2.14. The summed E-state index contributed by atoms with van der Waals surface area (Å²) < 4.78 is 38.8. The lowest BCUT2D eigenvalue weighted by Gasteiger charge is -2.26. The van der Waals surface area contributed by atoms with Crippen LogP contribution >= 0.6 is 0 Å². The van der Waals surface area contributed by atoms with Gasteiger partial charge in [0.15, 0.2) is 0 Å². The number of carbonyl (C=O) groups is 2. The first-order valence-corrected chi connectivity index (χ1v) is 6.08. The number of hydrogen-bond donors (Lipinski definition) is 1. The molecule has 1 aromatic carbocycles. The van der Waals surface area contributed by atoms with Gasteiger partial charge in [-0.25, -0.2) is 0 Å². The number of nitrogen functional groups attached to an aromatic ring is 1. The van der Waals surface area contributed by atoms with Gasteiger partial charge < -0.3 is 5.73 Å². The van der Waals surface area contributed by atoms with Crippen LogP contribution in [0.3, 0.4) is 0 Å². The first kappa shape index (κ1) is 14.4. The lowest BCUT2D eigenvalue weighted by molar-refractivity contribution is -0.150. The van der Waals surface area contributed by atoms with E-state index in [-0.39, 0.29) is 30.6 Å². The van der Waals surface area contributed by atoms with E-state index in [1.807, 2.05) is 0 Å². The van der Waals surface area contributed by atoms with Crippen molar-refractivity contribution in [1.82, 2.24) is 4.90 Å². The third kappa shape index (κ3) is 2.92. The number of halogens is 3. The number of rotatable bonds is 2. The Hall–Kier alpha value is -2.05. The highest BCUT2D eigenvalue weighted by molar-refractivity contribution is 5.97. The maximum atomic E-state index is 12.9. The van der Waals surface area contributed by atoms with Gasteiger partial charge in [0.25, 0.3) is 0 Å². The van der Waals surface area contributed by atoms with E-state index in [0.717, 1.165) is 11.0 Å². The number of benzene rings is 1. The zero-order valence-electron chi connectivity index (χ0n) is 10.5. The summed E-state index contributed by atoms with van der Waals surface area (Å²) in [7, 11) is 0. The van der Waals surface area contributed by atoms with Gasteiger partial charge in [0, 0.05) is 18.5 Å². The monoisotopic (exact) mass is 286 g/mol. The van der Waals surface area contributed by atoms with Crippen molar-refractivity contribution in [2.75, 3.05) is 5.73 Å². The minimum absolute atomic E-state index is 0.0163. The lowest BCUT2D eigenvalue weighted by atomic mass is 10.0. The average molecular weight is 286 g/mol. The molecule has 2 rings (SSSR count). The lowest BCUT2D eigenvalue weighted by Crippen LogP contribution is -2.39. The molecule has 0 bridgehead atoms. The van der Waals surface area contributed by atoms with Gasteiger partial charge in [-0.2, -0.15) is 13.2 Å². The molecule has 0 radical (unpaired) electrons. The SMILES string of the molecule is Nc1ccc(CN2C(=O)CCCC2=O)c(C(F)(F)F)c1. The average Bonchev–Trinajstić information content (AvgIpc) is 2.34. The van der Waals surface area contributed by atoms with Crippen molar-refractivity contribution in [3.63, 3.8) is 0 Å². The quantitative estimate of drug-likeness (QED) is 0.670. The highest BCUT2D eigenvalue weighted by Crippen LogP contribution is 2.34. The van der Waals surface area contributed by atoms with E-state index in [1.54, 1.807) is 0 Å². The molecule has 1 aromatic rings. The fourth-order valence-corrected chi connectivity index (χ4v) is 2.14. The van der Waals surface area contributed by atoms with Crippen LogP contribution in [-0.4, -0.2) is 16.7 Å². The molecule has 1 aliphatic rings. The molecule has 0 spiro atoms. The first-order chi connectivity index (χ1) is 9.29. The summed E-state index contributed by atoms with van der Waals surface area (Å²) in [5.74, 6) is -0.877. The van der Waals surface area contributed by atoms with E-state index in [9.17, 15) is 22.8 Å². The Morgan fingerprint density at radius 1 is 1.15 bits per heavy atom. The summed E-state index contributed by atoms with van der Waals surface area (Å²) in [6.45, 7) is -0.368. The minimum Gasteiger partial charge on any atom is -0.399 e. The fraction of sp³-hybridized carbons (Fsp3) is 0.385. The van der Waals surface area contributed by atoms with E-state index in [0.29, 0.717) is 6.42 Å². The van der Waals surface area contributed by atoms with Crippen LogP contribution < -0.4 is 5.73 Å². The van der Waals surface area contributed by atoms with Crippen LogP contribution in [-0.2, 0) is 22.3 Å². The smallest absolute Gasteiger partial charge is 0.399 e. The van der Waals surface area contributed by atoms with Crippen molar-refractivity contribution < 1.29 is 22.8 Å². The molecule has 0 unspecified atom stereocenters. The minimum atomic E-state index is -4.58. The Morgan fingerprint density at radius 2 is 1.75 bits per heavy atom. The maximum absolute atomic E-state index is 12.9. The molecule has 2 amide bonds. The van der Waals surface area contributed by atoms with Crippen LogP contribution in [0.25, 0.3) is 0 Å². The Balaban J connectivity index is 2.33. The van der Waals surface area contributed by atoms with Gasteiger partial charge in [-0.05, 0) is 24.1 Å². The molecule has 20 heavy (non-hydrogen) atoms. The summed E-state index contributed by atoms with van der Waals surface area (Å²) in [6, 6.07) is 3.34. The second-order valence-electron chi connectivity index (χ2n) is 4.64. The topological polar surface area (TPSA) is 63.4 Å². The van der Waals surface area contributed by atoms with E-state index in [4.69, 9.17) is 5.73 Å². The molecular weight excluding hydrogens is 273 g/mol. The van der Waals surface area contributed by atoms with Crippen molar-refractivity contribution in [2.24, 2.45) is 0 Å². The Bertz CT molecular complexity index is 539. The molecule has 0 atom stereocenters. The van der Waals surface area contributed by atoms with Gasteiger partial charge in [0.05, 0.1) is 12.1 Å². The van der Waals surface area contributed by atoms with Crippen LogP contribution in [0.4, 0.5) is 18.9 Å². The second-order valence-corrected chi connectivity index (χ2v) is 4.64. The number of alkyl halides is 3. The number of carbonyl (C=O) groups excluding carboxylic acids is 2. The van der Waals surface area contributed by atoms with E-state index in [2.05, 4.69) is 0 Å². The summed E-state index contributed by atoms with van der Waals surface area (Å²) in [6.07, 6.45) is -3.77. The molecule has 1 aliphatic heterocycles. The van der Waals surface area contributed by atoms with E-state index < -0.39 is 23.6 Å². The van der Waals surface area contributed by atoms with E-state index in [1.165, 1.54) is 12.1 Å². The van der Waals surface area contributed by atoms with Gasteiger partial charge in [-0.15, -0.1) is 0 Å². The molecule has 0 aliphatic carbocycles. The highest BCUT2D eigenvalue weighted by atomic mass is 19.4. The number of piperidine rings is 1. The molecule has 0 saturated carbocycles. The normalized spacial score (nSPS) is 16.6. The van der Waals surface area contributed by atoms with Crippen LogP contribution in [0.1, 0.15) is 30.4 Å². The molecule has 1 heterocycles. The third-order valence-electron chi connectivity index (χ3n) is 3.15. The molecule has 108 valence electrons. The second kappa shape index (κ2) is 5.15. The molecule has 0 aromatic heterocycles. The number of imide groups is 1. The summed E-state index contributed by atoms with van der Waals surface area (Å²) in [5, 5.41) is 0. The molecule has 7 heteroatoms. The summed E-state index contributed by atoms with van der Waals surface area (Å²) >= 11 is 0. The highest BCUT2D eigenvalue weighted by Gasteiger charge is 2.35. The number of anilines is 1. The van der Waals surface area contributed by atoms with Crippen LogP contribution in [0.2, 0.25) is 0 Å². The van der Waals surface area contributed by atoms with Crippen molar-refractivity contribution in [3.8, 4) is 0 Å². The van der Waals surface area contributed by atoms with Crippen LogP contribution in [0, 0.1) is 0 Å². The van der Waals surface area contributed by atoms with Crippen molar-refractivity contribution in [1.29, 1.82) is 0 Å². The number of hydrogen-bond acceptors (Lipinski definition) is 3. The Morgan fingerprint density at radius 3 is 2.30 bits per heavy atom. The summed E-state index contributed by atoms with van der Waals surface area (Å²) in [5.41, 5.74) is 4.31. The Kier molecular flexibility index (Phi) is 3.69. The van der Waals surface area contributed by atoms with Crippen molar-refractivity contribution in [2.45, 2.75) is 32.0 Å². The Labute approximate surface area is 113 Å². The zero-order valence-corrected chi connectivity index (χ0v) is 10.5. The van der Waals surface area contributed by atoms with Crippen LogP contribution in [0.15, 0.2) is 18.2 Å². The number of nitrogens with zero attached hydrogens (tertiary/aromatic N) is 1. The predicted octanol–water partition coefficient (Wildman–Crippen LogP) is 2.33. The maximum Gasteiger partial charge on any atom is 0.416 e. The van der Waals surface area contributed by atoms with Crippen molar-refractivity contribution in [3.05, 3.63) is 29.3 Å². The first-order valence-electron chi connectivity index (χ1n) is 6.08. The number of likely N-dealkylation sites (tertiary alicyclic amines) is 1. The van der Waals surface area contributed by atoms with E-state index >= 15 is 0 Å². The molecule has 1 fully saturated rings. The van der Waals surface area contributed by atoms with Gasteiger partial charge >= 0.3 is 6.18 Å². The van der Waals surface area contributed by atoms with Crippen molar-refractivity contribution >= 4 is 17.5 Å². The third-order valence-corrected chi connectivity index (χ3v) is 3.15. The molecular formula is C13H13F3N2O2. The van der Waals surface area contributed by atoms with Crippen LogP contribution in [0.5, 0.6) is 0 Å². The molecule has 4 nitrogen and oxygen atoms in total.